The summed E-state index contributed by atoms with van der Waals surface area (Å²) < 4.78 is 101. The van der Waals surface area contributed by atoms with Crippen LogP contribution in [-0.2, 0) is 99.7 Å². The maximum Gasteiger partial charge on any atom is 0.217 e. The summed E-state index contributed by atoms with van der Waals surface area (Å²) >= 11 is 0. The number of carbonyl (C=O) groups excluding carboxylic acids is 4. The second kappa shape index (κ2) is 39.7. The van der Waals surface area contributed by atoms with Crippen molar-refractivity contribution in [3.8, 4) is 0 Å². The van der Waals surface area contributed by atoms with E-state index in [0.29, 0.717) is 0 Å². The fourth-order valence-electron chi connectivity index (χ4n) is 14.3. The molecule has 0 bridgehead atoms. The van der Waals surface area contributed by atoms with Crippen molar-refractivity contribution >= 4 is 23.6 Å². The number of nitrogens with one attached hydrogen (secondary N) is 4. The Bertz CT molecular complexity index is 2950. The molecule has 642 valence electrons. The van der Waals surface area contributed by atoms with Gasteiger partial charge in [-0.25, -0.2) is 0 Å². The lowest BCUT2D eigenvalue weighted by atomic mass is 9.93. The minimum Gasteiger partial charge on any atom is -0.394 e. The van der Waals surface area contributed by atoms with Crippen LogP contribution in [0, 0.1) is 0 Å². The van der Waals surface area contributed by atoms with Gasteiger partial charge in [0.25, 0.3) is 0 Å². The highest BCUT2D eigenvalue weighted by molar-refractivity contribution is 5.74. The van der Waals surface area contributed by atoms with Crippen molar-refractivity contribution in [1.82, 2.24) is 21.3 Å². The van der Waals surface area contributed by atoms with Crippen LogP contribution >= 0.6 is 0 Å². The molecule has 9 saturated heterocycles. The van der Waals surface area contributed by atoms with Gasteiger partial charge in [0, 0.05) is 27.7 Å². The Kier molecular flexibility index (Phi) is 32.6. The molecule has 45 atom stereocenters. The topological polar surface area (TPSA) is 759 Å². The average Bonchev–Trinajstić information content (AvgIpc) is 0.768. The third kappa shape index (κ3) is 20.3. The highest BCUT2D eigenvalue weighted by Crippen LogP contribution is 2.40. The largest absolute Gasteiger partial charge is 0.394 e. The standard InChI is InChI=1S/C62H104N4O45/c1-14-31(77)41(87)45(91)58(97-14)95-13-26-50(38(84)27(54(94)98-26)63-15(2)73)106-56-29(65-17(4)75)39(85)49(24(11-72)103-56)108-60-47(93)51(109-62-53(44(90)35(81)22(9-70)102-62)111-55-28(64-16(3)74)37(83)32(78)19(6-67)99-55)36(82)25(105-60)12-96-61-52(43(89)34(80)21(8-69)101-61)110-57-30(66-18(5)76)40(86)48(23(10-71)104-57)107-59-46(92)42(88)33(79)20(7-68)100-59/h14,19-62,67-72,77-94H,6-13H2,1-5H3,(H,63,73)(H,64,74)(H,65,75)(H,66,76)/t14-,19+,20+,21+,22+,23+,24+,25+,26+,27+,28-,29+,30+,31+,32+,33-,34+,35+,36+,37+,38+,39+,40+,41+,42-,43-,44-,45-,46+,47-,48+,49+,50+,51-,52-,53-,54+,55-,56-,57-,58-,59-,60-,61-,62-/m0/s1. The molecule has 0 spiro atoms. The molecule has 0 unspecified atom stereocenters. The van der Waals surface area contributed by atoms with E-state index in [2.05, 4.69) is 21.3 Å². The van der Waals surface area contributed by atoms with Gasteiger partial charge < -0.3 is 224 Å². The molecule has 0 radical (unpaired) electrons. The van der Waals surface area contributed by atoms with Gasteiger partial charge in [-0.3, -0.25) is 19.2 Å². The molecule has 0 saturated carbocycles. The van der Waals surface area contributed by atoms with Crippen molar-refractivity contribution < 1.29 is 222 Å². The van der Waals surface area contributed by atoms with Gasteiger partial charge in [-0.1, -0.05) is 0 Å². The van der Waals surface area contributed by atoms with Crippen molar-refractivity contribution in [2.45, 2.75) is 311 Å². The Morgan fingerprint density at radius 1 is 0.252 bits per heavy atom. The van der Waals surface area contributed by atoms with E-state index in [4.69, 9.17) is 80.5 Å². The van der Waals surface area contributed by atoms with Gasteiger partial charge in [0.05, 0.1) is 59.0 Å². The SMILES string of the molecule is CC(=O)N[C@@H]1[C@H](O[C@@H]2[C@H](O[C@@H]3[C@H](O)[C@H](O[C@H]4[C@H](O)[C@@H](NC(C)=O)[C@H](O[C@H]5[C@H](O)[C@@H](NC(C)=O)[C@H](O)O[C@@H]5CO[C@H]5O[C@@H](C)[C@@H](O)[C@@H](O)[C@@H]5O)O[C@@H]4CO)O[C@H](CO[C@H]4O[C@H](CO)[C@@H](O)[C@H](O)[C@@H]4O[C@@H]4O[C@H](CO)[C@@H](O[C@@H]5O[C@H](CO)[C@H](O)[C@H](O)[C@H]5O)[C@H](O)[C@H]4NC(C)=O)[C@H]3O)O[C@H](CO)[C@@H](O)[C@@H]2O)O[C@H](CO)[C@@H](O)[C@@H]1O. The Hall–Kier alpha value is -3.76. The number of ether oxygens (including phenoxy) is 17. The zero-order valence-corrected chi connectivity index (χ0v) is 59.9. The molecule has 0 aromatic carbocycles. The smallest absolute Gasteiger partial charge is 0.217 e. The van der Waals surface area contributed by atoms with Crippen molar-refractivity contribution in [2.24, 2.45) is 0 Å². The van der Waals surface area contributed by atoms with Gasteiger partial charge in [-0.05, 0) is 6.92 Å². The summed E-state index contributed by atoms with van der Waals surface area (Å²) in [5, 5.41) is 276. The third-order valence-electron chi connectivity index (χ3n) is 20.3. The predicted octanol–water partition coefficient (Wildman–Crippen LogP) is -19.0. The molecule has 28 N–H and O–H groups in total. The molecular weight excluding hydrogens is 1520 g/mol. The Morgan fingerprint density at radius 2 is 0.559 bits per heavy atom. The summed E-state index contributed by atoms with van der Waals surface area (Å²) in [7, 11) is 0. The number of hydrogen-bond donors (Lipinski definition) is 28. The molecule has 0 aliphatic carbocycles. The quantitative estimate of drug-likeness (QED) is 0.0346. The summed E-state index contributed by atoms with van der Waals surface area (Å²) in [6.45, 7) is -3.36. The van der Waals surface area contributed by atoms with Crippen LogP contribution in [-0.4, -0.2) is 475 Å². The average molecular weight is 1630 g/mol. The van der Waals surface area contributed by atoms with Gasteiger partial charge in [-0.15, -0.1) is 0 Å². The lowest BCUT2D eigenvalue weighted by molar-refractivity contribution is -0.396. The molecule has 111 heavy (non-hydrogen) atoms. The number of hydrogen-bond acceptors (Lipinski definition) is 45. The molecule has 0 aromatic rings. The molecule has 49 nitrogen and oxygen atoms in total. The number of carbonyl (C=O) groups is 4. The van der Waals surface area contributed by atoms with Crippen molar-refractivity contribution in [3.05, 3.63) is 0 Å². The zero-order valence-electron chi connectivity index (χ0n) is 59.9. The molecule has 0 aromatic heterocycles. The summed E-state index contributed by atoms with van der Waals surface area (Å²) in [6.07, 6.45) is -83.2. The Balaban J connectivity index is 1.05. The minimum absolute atomic E-state index is 0.827. The summed E-state index contributed by atoms with van der Waals surface area (Å²) in [5.74, 6) is -3.59. The first-order valence-electron chi connectivity index (χ1n) is 35.5. The second-order valence-electron chi connectivity index (χ2n) is 28.2. The van der Waals surface area contributed by atoms with Crippen LogP contribution in [0.15, 0.2) is 0 Å². The summed E-state index contributed by atoms with van der Waals surface area (Å²) in [4.78, 5) is 50.9. The van der Waals surface area contributed by atoms with E-state index in [9.17, 15) is 142 Å². The molecular formula is C62H104N4O45. The highest BCUT2D eigenvalue weighted by atomic mass is 16.8. The summed E-state index contributed by atoms with van der Waals surface area (Å²) in [6, 6.07) is -7.39. The van der Waals surface area contributed by atoms with Gasteiger partial charge in [0.15, 0.2) is 56.6 Å². The number of aliphatic hydroxyl groups excluding tert-OH is 24. The second-order valence-corrected chi connectivity index (χ2v) is 28.2. The van der Waals surface area contributed by atoms with E-state index in [1.807, 2.05) is 0 Å². The normalized spacial score (nSPS) is 49.3. The van der Waals surface area contributed by atoms with E-state index in [0.717, 1.165) is 27.7 Å². The van der Waals surface area contributed by atoms with Crippen LogP contribution in [0.5, 0.6) is 0 Å². The first kappa shape index (κ1) is 91.1. The molecule has 9 heterocycles. The molecule has 49 heteroatoms. The maximum atomic E-state index is 13.2. The van der Waals surface area contributed by atoms with E-state index >= 15 is 0 Å². The lowest BCUT2D eigenvalue weighted by Gasteiger charge is -2.51. The van der Waals surface area contributed by atoms with E-state index in [1.165, 1.54) is 6.92 Å². The Morgan fingerprint density at radius 3 is 1.03 bits per heavy atom. The Labute approximate surface area is 629 Å². The zero-order chi connectivity index (χ0) is 81.8. The predicted molar refractivity (Wildman–Crippen MR) is 342 cm³/mol. The summed E-state index contributed by atoms with van der Waals surface area (Å²) in [5.41, 5.74) is 0. The van der Waals surface area contributed by atoms with Crippen molar-refractivity contribution in [3.63, 3.8) is 0 Å². The monoisotopic (exact) mass is 1620 g/mol. The van der Waals surface area contributed by atoms with E-state index in [1.54, 1.807) is 0 Å². The van der Waals surface area contributed by atoms with Gasteiger partial charge >= 0.3 is 0 Å². The van der Waals surface area contributed by atoms with E-state index < -0.39 is 353 Å². The van der Waals surface area contributed by atoms with Crippen LogP contribution in [0.25, 0.3) is 0 Å². The van der Waals surface area contributed by atoms with Gasteiger partial charge in [0.2, 0.25) is 23.6 Å². The van der Waals surface area contributed by atoms with Crippen LogP contribution < -0.4 is 21.3 Å². The van der Waals surface area contributed by atoms with Crippen LogP contribution in [0.3, 0.4) is 0 Å². The fraction of sp³-hybridized carbons (Fsp3) is 0.935. The van der Waals surface area contributed by atoms with Crippen LogP contribution in [0.1, 0.15) is 34.6 Å². The van der Waals surface area contributed by atoms with Crippen LogP contribution in [0.4, 0.5) is 0 Å². The number of amides is 4. The molecule has 9 fully saturated rings. The number of rotatable bonds is 28. The fourth-order valence-corrected chi connectivity index (χ4v) is 14.3. The van der Waals surface area contributed by atoms with Crippen molar-refractivity contribution in [2.75, 3.05) is 52.9 Å². The third-order valence-corrected chi connectivity index (χ3v) is 20.3. The lowest BCUT2D eigenvalue weighted by Crippen LogP contribution is -2.71. The molecule has 4 amide bonds. The van der Waals surface area contributed by atoms with E-state index in [-0.39, 0.29) is 0 Å². The number of aliphatic hydroxyl groups is 24. The highest BCUT2D eigenvalue weighted by Gasteiger charge is 2.61. The van der Waals surface area contributed by atoms with Crippen LogP contribution in [0.2, 0.25) is 0 Å². The first-order chi connectivity index (χ1) is 52.4. The molecule has 9 aliphatic rings. The van der Waals surface area contributed by atoms with Crippen molar-refractivity contribution in [1.29, 1.82) is 0 Å². The molecule has 9 rings (SSSR count). The van der Waals surface area contributed by atoms with Gasteiger partial charge in [0.1, 0.15) is 213 Å². The maximum absolute atomic E-state index is 13.2. The first-order valence-corrected chi connectivity index (χ1v) is 35.5. The molecule has 9 aliphatic heterocycles. The minimum atomic E-state index is -2.55. The van der Waals surface area contributed by atoms with Gasteiger partial charge in [-0.2, -0.15) is 0 Å².